The third-order valence-electron chi connectivity index (χ3n) is 2.15. The molecule has 0 aliphatic rings. The number of esters is 1. The summed E-state index contributed by atoms with van der Waals surface area (Å²) in [5.41, 5.74) is 0.0941. The number of ether oxygens (including phenoxy) is 1. The number of hydrogen-bond donors (Lipinski definition) is 0. The second-order valence-electron chi connectivity index (χ2n) is 3.58. The molecule has 1 unspecified atom stereocenters. The summed E-state index contributed by atoms with van der Waals surface area (Å²) in [7, 11) is 0. The van der Waals surface area contributed by atoms with Crippen molar-refractivity contribution in [3.63, 3.8) is 0 Å². The summed E-state index contributed by atoms with van der Waals surface area (Å²) >= 11 is 5.74. The Morgan fingerprint density at radius 2 is 2.29 bits per heavy atom. The molecular weight excluding hydrogens is 243 g/mol. The summed E-state index contributed by atoms with van der Waals surface area (Å²) < 4.78 is 18.7. The van der Waals surface area contributed by atoms with E-state index in [9.17, 15) is 9.18 Å². The van der Waals surface area contributed by atoms with E-state index < -0.39 is 12.1 Å². The molecule has 0 saturated carbocycles. The average Bonchev–Trinajstić information content (AvgIpc) is 2.34. The van der Waals surface area contributed by atoms with Crippen molar-refractivity contribution in [3.8, 4) is 0 Å². The molecule has 0 radical (unpaired) electrons. The number of carbonyl (C=O) groups is 1. The first-order chi connectivity index (χ1) is 8.06. The monoisotopic (exact) mass is 256 g/mol. The van der Waals surface area contributed by atoms with Crippen molar-refractivity contribution in [2.75, 3.05) is 6.61 Å². The molecule has 0 aromatic heterocycles. The molecule has 0 fully saturated rings. The van der Waals surface area contributed by atoms with Gasteiger partial charge in [0.25, 0.3) is 0 Å². The van der Waals surface area contributed by atoms with Crippen molar-refractivity contribution in [2.45, 2.75) is 19.5 Å². The van der Waals surface area contributed by atoms with Crippen molar-refractivity contribution in [3.05, 3.63) is 47.0 Å². The fourth-order valence-corrected chi connectivity index (χ4v) is 1.46. The van der Waals surface area contributed by atoms with E-state index in [1.807, 2.05) is 6.92 Å². The van der Waals surface area contributed by atoms with Gasteiger partial charge in [-0.25, -0.2) is 9.18 Å². The minimum absolute atomic E-state index is 0.208. The van der Waals surface area contributed by atoms with Gasteiger partial charge in [0.15, 0.2) is 6.17 Å². The zero-order valence-corrected chi connectivity index (χ0v) is 10.3. The Morgan fingerprint density at radius 3 is 2.88 bits per heavy atom. The van der Waals surface area contributed by atoms with Crippen molar-refractivity contribution < 1.29 is 13.9 Å². The molecule has 0 aliphatic carbocycles. The van der Waals surface area contributed by atoms with Crippen molar-refractivity contribution in [1.82, 2.24) is 0 Å². The summed E-state index contributed by atoms with van der Waals surface area (Å²) in [6, 6.07) is 6.27. The van der Waals surface area contributed by atoms with Gasteiger partial charge in [0.05, 0.1) is 12.2 Å². The van der Waals surface area contributed by atoms with E-state index >= 15 is 0 Å². The van der Waals surface area contributed by atoms with Crippen LogP contribution in [-0.2, 0) is 9.53 Å². The highest BCUT2D eigenvalue weighted by atomic mass is 35.5. The molecule has 17 heavy (non-hydrogen) atoms. The average molecular weight is 257 g/mol. The number of carbonyl (C=O) groups excluding carboxylic acids is 1. The SMILES string of the molecule is C=C(C(=O)OCCC)C(F)c1cccc(Cl)c1. The molecule has 4 heteroatoms. The van der Waals surface area contributed by atoms with E-state index in [0.717, 1.165) is 0 Å². The van der Waals surface area contributed by atoms with Gasteiger partial charge in [-0.05, 0) is 24.1 Å². The predicted octanol–water partition coefficient (Wildman–Crippen LogP) is 3.86. The smallest absolute Gasteiger partial charge is 0.336 e. The highest BCUT2D eigenvalue weighted by molar-refractivity contribution is 6.30. The first-order valence-electron chi connectivity index (χ1n) is 5.31. The molecule has 1 aromatic carbocycles. The van der Waals surface area contributed by atoms with Crippen molar-refractivity contribution in [1.29, 1.82) is 0 Å². The molecule has 0 saturated heterocycles. The first-order valence-corrected chi connectivity index (χ1v) is 5.69. The maximum absolute atomic E-state index is 13.9. The Kier molecular flexibility index (Phi) is 5.16. The number of alkyl halides is 1. The number of halogens is 2. The van der Waals surface area contributed by atoms with Crippen molar-refractivity contribution >= 4 is 17.6 Å². The van der Waals surface area contributed by atoms with E-state index in [-0.39, 0.29) is 12.2 Å². The lowest BCUT2D eigenvalue weighted by atomic mass is 10.0. The highest BCUT2D eigenvalue weighted by Crippen LogP contribution is 2.27. The standard InChI is InChI=1S/C13H14ClFO2/c1-3-7-17-13(16)9(2)12(15)10-5-4-6-11(14)8-10/h4-6,8,12H,2-3,7H2,1H3. The van der Waals surface area contributed by atoms with Gasteiger partial charge in [-0.2, -0.15) is 0 Å². The summed E-state index contributed by atoms with van der Waals surface area (Å²) in [4.78, 5) is 11.4. The first kappa shape index (κ1) is 13.7. The van der Waals surface area contributed by atoms with Crippen LogP contribution in [0.4, 0.5) is 4.39 Å². The highest BCUT2D eigenvalue weighted by Gasteiger charge is 2.21. The fraction of sp³-hybridized carbons (Fsp3) is 0.308. The van der Waals surface area contributed by atoms with Gasteiger partial charge >= 0.3 is 5.97 Å². The maximum Gasteiger partial charge on any atom is 0.336 e. The van der Waals surface area contributed by atoms with Gasteiger partial charge in [0.1, 0.15) is 0 Å². The zero-order valence-electron chi connectivity index (χ0n) is 9.58. The number of rotatable bonds is 5. The maximum atomic E-state index is 13.9. The molecule has 0 heterocycles. The Hall–Kier alpha value is -1.35. The predicted molar refractivity (Wildman–Crippen MR) is 65.7 cm³/mol. The molecule has 0 spiro atoms. The molecule has 0 amide bonds. The van der Waals surface area contributed by atoms with E-state index in [2.05, 4.69) is 6.58 Å². The minimum atomic E-state index is -1.59. The third-order valence-corrected chi connectivity index (χ3v) is 2.38. The van der Waals surface area contributed by atoms with Gasteiger partial charge in [-0.15, -0.1) is 0 Å². The van der Waals surface area contributed by atoms with Crippen LogP contribution in [0.25, 0.3) is 0 Å². The lowest BCUT2D eigenvalue weighted by Crippen LogP contribution is -2.12. The van der Waals surface area contributed by atoms with Crippen LogP contribution in [0.2, 0.25) is 5.02 Å². The van der Waals surface area contributed by atoms with Crippen LogP contribution in [-0.4, -0.2) is 12.6 Å². The van der Waals surface area contributed by atoms with Crippen LogP contribution in [0, 0.1) is 0 Å². The Morgan fingerprint density at radius 1 is 1.59 bits per heavy atom. The normalized spacial score (nSPS) is 11.9. The molecule has 92 valence electrons. The third kappa shape index (κ3) is 3.86. The van der Waals surface area contributed by atoms with Gasteiger partial charge in [0, 0.05) is 5.02 Å². The minimum Gasteiger partial charge on any atom is -0.462 e. The lowest BCUT2D eigenvalue weighted by molar-refractivity contribution is -0.139. The van der Waals surface area contributed by atoms with Crippen LogP contribution in [0.5, 0.6) is 0 Å². The summed E-state index contributed by atoms with van der Waals surface area (Å²) in [6.07, 6.45) is -0.897. The Balaban J connectivity index is 2.72. The number of benzene rings is 1. The summed E-state index contributed by atoms with van der Waals surface area (Å²) in [6.45, 7) is 5.55. The molecule has 1 aromatic rings. The summed E-state index contributed by atoms with van der Waals surface area (Å²) in [5.74, 6) is -0.709. The van der Waals surface area contributed by atoms with Gasteiger partial charge in [-0.3, -0.25) is 0 Å². The summed E-state index contributed by atoms with van der Waals surface area (Å²) in [5, 5.41) is 0.417. The second-order valence-corrected chi connectivity index (χ2v) is 4.02. The topological polar surface area (TPSA) is 26.3 Å². The van der Waals surface area contributed by atoms with E-state index in [4.69, 9.17) is 16.3 Å². The van der Waals surface area contributed by atoms with Crippen LogP contribution in [0.15, 0.2) is 36.4 Å². The van der Waals surface area contributed by atoms with Crippen molar-refractivity contribution in [2.24, 2.45) is 0 Å². The quantitative estimate of drug-likeness (QED) is 0.591. The fourth-order valence-electron chi connectivity index (χ4n) is 1.26. The molecule has 0 bridgehead atoms. The lowest BCUT2D eigenvalue weighted by Gasteiger charge is -2.11. The molecule has 0 N–H and O–H groups in total. The van der Waals surface area contributed by atoms with E-state index in [0.29, 0.717) is 17.0 Å². The molecular formula is C13H14ClFO2. The number of hydrogen-bond acceptors (Lipinski definition) is 2. The molecule has 2 nitrogen and oxygen atoms in total. The van der Waals surface area contributed by atoms with E-state index in [1.165, 1.54) is 6.07 Å². The Bertz CT molecular complexity index is 418. The molecule has 0 aliphatic heterocycles. The van der Waals surface area contributed by atoms with Crippen LogP contribution in [0.3, 0.4) is 0 Å². The van der Waals surface area contributed by atoms with Crippen LogP contribution >= 0.6 is 11.6 Å². The second kappa shape index (κ2) is 6.40. The van der Waals surface area contributed by atoms with Gasteiger partial charge in [-0.1, -0.05) is 37.2 Å². The zero-order chi connectivity index (χ0) is 12.8. The van der Waals surface area contributed by atoms with E-state index in [1.54, 1.807) is 18.2 Å². The molecule has 1 rings (SSSR count). The Labute approximate surface area is 105 Å². The molecule has 1 atom stereocenters. The van der Waals surface area contributed by atoms with Gasteiger partial charge in [0.2, 0.25) is 0 Å². The van der Waals surface area contributed by atoms with Gasteiger partial charge < -0.3 is 4.74 Å². The van der Waals surface area contributed by atoms with Crippen LogP contribution in [0.1, 0.15) is 25.1 Å². The van der Waals surface area contributed by atoms with Crippen LogP contribution < -0.4 is 0 Å². The largest absolute Gasteiger partial charge is 0.462 e.